The number of anilines is 1. The van der Waals surface area contributed by atoms with E-state index in [1.54, 1.807) is 49.2 Å². The van der Waals surface area contributed by atoms with Crippen LogP contribution in [0.3, 0.4) is 0 Å². The molecule has 0 spiro atoms. The van der Waals surface area contributed by atoms with E-state index in [1.165, 1.54) is 0 Å². The van der Waals surface area contributed by atoms with Gasteiger partial charge in [-0.2, -0.15) is 0 Å². The van der Waals surface area contributed by atoms with E-state index in [1.807, 2.05) is 34.6 Å². The fraction of sp³-hybridized carbons (Fsp3) is 0.633. The molecule has 4 atom stereocenters. The molecule has 39 heavy (non-hydrogen) atoms. The largest absolute Gasteiger partial charge is 0.399 e. The van der Waals surface area contributed by atoms with Gasteiger partial charge in [0.15, 0.2) is 0 Å². The minimum Gasteiger partial charge on any atom is -0.399 e. The average Bonchev–Trinajstić information content (AvgIpc) is 2.87. The minimum atomic E-state index is -1.89. The molecule has 2 rings (SSSR count). The molecule has 1 unspecified atom stereocenters. The molecule has 0 bridgehead atoms. The second-order valence-corrected chi connectivity index (χ2v) is 13.7. The number of piperidine rings is 1. The van der Waals surface area contributed by atoms with Crippen LogP contribution < -0.4 is 11.1 Å². The van der Waals surface area contributed by atoms with Gasteiger partial charge in [-0.3, -0.25) is 19.3 Å². The SMILES string of the molecule is C/C(=C\[C@H](C(C)C)N(C)C(=O)[C@@H](NC(=O)[C@H]1CCCCN1C(C)C)C(C)(C)C)C(=O)S(=O)c1ccc(N)cc1. The molecule has 1 aromatic rings. The lowest BCUT2D eigenvalue weighted by Gasteiger charge is -2.41. The maximum Gasteiger partial charge on any atom is 0.249 e. The van der Waals surface area contributed by atoms with Crippen LogP contribution in [0.5, 0.6) is 0 Å². The highest BCUT2D eigenvalue weighted by atomic mass is 32.2. The zero-order valence-corrected chi connectivity index (χ0v) is 25.9. The van der Waals surface area contributed by atoms with Crippen molar-refractivity contribution < 1.29 is 18.6 Å². The topological polar surface area (TPSA) is 113 Å². The number of nitrogens with two attached hydrogens (primary N) is 1. The maximum atomic E-state index is 13.9. The van der Waals surface area contributed by atoms with E-state index < -0.39 is 33.4 Å². The van der Waals surface area contributed by atoms with E-state index >= 15 is 0 Å². The Hall–Kier alpha value is -2.52. The number of amides is 2. The Balaban J connectivity index is 2.28. The predicted octanol–water partition coefficient (Wildman–Crippen LogP) is 4.13. The number of nitrogens with zero attached hydrogens (tertiary/aromatic N) is 2. The Morgan fingerprint density at radius 2 is 1.69 bits per heavy atom. The summed E-state index contributed by atoms with van der Waals surface area (Å²) >= 11 is 0. The molecule has 0 aliphatic carbocycles. The van der Waals surface area contributed by atoms with Gasteiger partial charge in [0.05, 0.1) is 12.1 Å². The van der Waals surface area contributed by atoms with E-state index in [-0.39, 0.29) is 29.8 Å². The van der Waals surface area contributed by atoms with Crippen molar-refractivity contribution in [1.29, 1.82) is 0 Å². The highest BCUT2D eigenvalue weighted by molar-refractivity contribution is 8.00. The van der Waals surface area contributed by atoms with Crippen molar-refractivity contribution in [2.24, 2.45) is 11.3 Å². The number of likely N-dealkylation sites (tertiary alicyclic amines) is 1. The molecule has 2 amide bonds. The van der Waals surface area contributed by atoms with E-state index in [2.05, 4.69) is 24.1 Å². The highest BCUT2D eigenvalue weighted by Crippen LogP contribution is 2.26. The van der Waals surface area contributed by atoms with Crippen LogP contribution in [0.25, 0.3) is 0 Å². The lowest BCUT2D eigenvalue weighted by atomic mass is 9.84. The summed E-state index contributed by atoms with van der Waals surface area (Å²) in [4.78, 5) is 44.6. The van der Waals surface area contributed by atoms with Crippen LogP contribution in [-0.2, 0) is 25.2 Å². The Labute approximate surface area is 237 Å². The smallest absolute Gasteiger partial charge is 0.249 e. The van der Waals surface area contributed by atoms with Crippen molar-refractivity contribution in [1.82, 2.24) is 15.1 Å². The van der Waals surface area contributed by atoms with Gasteiger partial charge in [0.25, 0.3) is 0 Å². The zero-order chi connectivity index (χ0) is 29.7. The summed E-state index contributed by atoms with van der Waals surface area (Å²) in [5, 5.41) is 2.57. The van der Waals surface area contributed by atoms with Crippen molar-refractivity contribution in [2.75, 3.05) is 19.3 Å². The molecule has 8 nitrogen and oxygen atoms in total. The fourth-order valence-electron chi connectivity index (χ4n) is 5.01. The van der Waals surface area contributed by atoms with Crippen molar-refractivity contribution in [3.8, 4) is 0 Å². The Kier molecular flexibility index (Phi) is 11.5. The van der Waals surface area contributed by atoms with Gasteiger partial charge in [0.1, 0.15) is 16.8 Å². The molecule has 1 aliphatic heterocycles. The summed E-state index contributed by atoms with van der Waals surface area (Å²) < 4.78 is 12.9. The highest BCUT2D eigenvalue weighted by Gasteiger charge is 2.40. The van der Waals surface area contributed by atoms with Gasteiger partial charge in [0, 0.05) is 29.2 Å². The molecule has 1 aliphatic rings. The summed E-state index contributed by atoms with van der Waals surface area (Å²) in [6, 6.07) is 5.17. The van der Waals surface area contributed by atoms with Crippen LogP contribution in [0, 0.1) is 11.3 Å². The molecule has 218 valence electrons. The van der Waals surface area contributed by atoms with Crippen LogP contribution in [0.4, 0.5) is 5.69 Å². The van der Waals surface area contributed by atoms with Gasteiger partial charge in [-0.1, -0.05) is 47.1 Å². The standard InChI is InChI=1S/C30H48N4O4S/c1-19(2)25(18-21(5)29(37)39(38)23-15-13-22(31)14-16-23)33(9)28(36)26(30(6,7)8)32-27(35)24-12-10-11-17-34(24)20(3)4/h13-16,18-20,24-26H,10-12,17,31H2,1-9H3,(H,32,35)/b21-18+/t24-,25-,26-,39?/m1/s1. The number of likely N-dealkylation sites (N-methyl/N-ethyl adjacent to an activating group) is 1. The first kappa shape index (κ1) is 32.7. The van der Waals surface area contributed by atoms with Crippen molar-refractivity contribution in [3.05, 3.63) is 35.9 Å². The second kappa shape index (κ2) is 13.7. The first-order valence-corrected chi connectivity index (χ1v) is 15.0. The number of nitrogen functional groups attached to an aromatic ring is 1. The molecule has 0 radical (unpaired) electrons. The van der Waals surface area contributed by atoms with Crippen LogP contribution in [0.15, 0.2) is 40.8 Å². The maximum absolute atomic E-state index is 13.9. The van der Waals surface area contributed by atoms with Crippen LogP contribution >= 0.6 is 0 Å². The van der Waals surface area contributed by atoms with E-state index in [9.17, 15) is 18.6 Å². The molecular weight excluding hydrogens is 512 g/mol. The molecule has 1 aromatic carbocycles. The fourth-order valence-corrected chi connectivity index (χ4v) is 5.97. The lowest BCUT2D eigenvalue weighted by Crippen LogP contribution is -2.60. The summed E-state index contributed by atoms with van der Waals surface area (Å²) in [5.41, 5.74) is 6.01. The Bertz CT molecular complexity index is 1080. The van der Waals surface area contributed by atoms with Gasteiger partial charge in [0.2, 0.25) is 16.9 Å². The molecule has 0 saturated carbocycles. The van der Waals surface area contributed by atoms with Gasteiger partial charge < -0.3 is 16.0 Å². The predicted molar refractivity (Wildman–Crippen MR) is 158 cm³/mol. The number of carbonyl (C=O) groups is 3. The van der Waals surface area contributed by atoms with Crippen molar-refractivity contribution >= 4 is 33.4 Å². The molecule has 1 heterocycles. The number of hydrogen-bond donors (Lipinski definition) is 2. The van der Waals surface area contributed by atoms with Gasteiger partial charge >= 0.3 is 0 Å². The summed E-state index contributed by atoms with van der Waals surface area (Å²) in [6.07, 6.45) is 4.54. The van der Waals surface area contributed by atoms with Crippen LogP contribution in [0.1, 0.15) is 74.7 Å². The monoisotopic (exact) mass is 560 g/mol. The summed E-state index contributed by atoms with van der Waals surface area (Å²) in [5.74, 6) is -0.373. The lowest BCUT2D eigenvalue weighted by molar-refractivity contribution is -0.142. The van der Waals surface area contributed by atoms with E-state index in [0.717, 1.165) is 25.8 Å². The molecule has 9 heteroatoms. The third-order valence-electron chi connectivity index (χ3n) is 7.39. The molecule has 1 saturated heterocycles. The van der Waals surface area contributed by atoms with E-state index in [4.69, 9.17) is 5.73 Å². The quantitative estimate of drug-likeness (QED) is 0.347. The normalized spacial score (nSPS) is 19.5. The third kappa shape index (κ3) is 8.48. The van der Waals surface area contributed by atoms with Crippen LogP contribution in [0.2, 0.25) is 0 Å². The Morgan fingerprint density at radius 3 is 2.21 bits per heavy atom. The van der Waals surface area contributed by atoms with Crippen molar-refractivity contribution in [3.63, 3.8) is 0 Å². The molecule has 1 fully saturated rings. The number of carbonyl (C=O) groups excluding carboxylic acids is 3. The minimum absolute atomic E-state index is 0.0299. The van der Waals surface area contributed by atoms with E-state index in [0.29, 0.717) is 16.2 Å². The third-order valence-corrected chi connectivity index (χ3v) is 8.75. The second-order valence-electron chi connectivity index (χ2n) is 12.3. The first-order valence-electron chi connectivity index (χ1n) is 13.9. The van der Waals surface area contributed by atoms with Crippen molar-refractivity contribution in [2.45, 2.75) is 104 Å². The molecule has 3 N–H and O–H groups in total. The van der Waals surface area contributed by atoms with Gasteiger partial charge in [-0.25, -0.2) is 4.21 Å². The number of rotatable bonds is 9. The summed E-state index contributed by atoms with van der Waals surface area (Å²) in [7, 11) is -0.191. The Morgan fingerprint density at radius 1 is 1.10 bits per heavy atom. The molecular formula is C30H48N4O4S. The van der Waals surface area contributed by atoms with Gasteiger partial charge in [-0.05, 0) is 75.8 Å². The molecule has 0 aromatic heterocycles. The van der Waals surface area contributed by atoms with Crippen LogP contribution in [-0.4, -0.2) is 68.7 Å². The average molecular weight is 561 g/mol. The number of hydrogen-bond acceptors (Lipinski definition) is 6. The first-order chi connectivity index (χ1) is 18.1. The van der Waals surface area contributed by atoms with Gasteiger partial charge in [-0.15, -0.1) is 0 Å². The zero-order valence-electron chi connectivity index (χ0n) is 25.1. The number of benzene rings is 1. The summed E-state index contributed by atoms with van der Waals surface area (Å²) in [6.45, 7) is 16.4. The number of nitrogens with one attached hydrogen (secondary N) is 1.